The highest BCUT2D eigenvalue weighted by Gasteiger charge is 2.37. The summed E-state index contributed by atoms with van der Waals surface area (Å²) >= 11 is 0. The zero-order valence-electron chi connectivity index (χ0n) is 16.7. The highest BCUT2D eigenvalue weighted by Crippen LogP contribution is 2.28. The number of anilines is 1. The van der Waals surface area contributed by atoms with Crippen molar-refractivity contribution in [3.05, 3.63) is 77.6 Å². The Labute approximate surface area is 181 Å². The number of rotatable bonds is 5. The van der Waals surface area contributed by atoms with E-state index in [1.807, 2.05) is 0 Å². The Morgan fingerprint density at radius 2 is 1.75 bits per heavy atom. The molecule has 2 heterocycles. The van der Waals surface area contributed by atoms with Crippen molar-refractivity contribution in [2.24, 2.45) is 0 Å². The number of ether oxygens (including phenoxy) is 1. The number of carboxylic acids is 1. The lowest BCUT2D eigenvalue weighted by Gasteiger charge is -2.26. The number of nitrogens with one attached hydrogen (secondary N) is 1. The number of nitrogens with zero attached hydrogens (tertiary/aromatic N) is 1. The maximum absolute atomic E-state index is 13.0. The van der Waals surface area contributed by atoms with E-state index in [0.717, 1.165) is 4.90 Å². The van der Waals surface area contributed by atoms with Crippen LogP contribution in [0, 0.1) is 0 Å². The topological polar surface area (TPSA) is 126 Å². The molecule has 3 aromatic rings. The van der Waals surface area contributed by atoms with E-state index < -0.39 is 23.8 Å². The summed E-state index contributed by atoms with van der Waals surface area (Å²) in [5, 5.41) is 11.5. The normalized spacial score (nSPS) is 15.1. The van der Waals surface area contributed by atoms with Gasteiger partial charge in [-0.3, -0.25) is 14.9 Å². The van der Waals surface area contributed by atoms with Gasteiger partial charge in [0.05, 0.1) is 18.4 Å². The quantitative estimate of drug-likeness (QED) is 0.468. The van der Waals surface area contributed by atoms with Crippen LogP contribution in [0.15, 0.2) is 70.7 Å². The van der Waals surface area contributed by atoms with Crippen LogP contribution in [0.1, 0.15) is 16.1 Å². The van der Waals surface area contributed by atoms with Crippen LogP contribution >= 0.6 is 0 Å². The molecule has 1 aromatic heterocycles. The second kappa shape index (κ2) is 8.23. The number of hydrogen-bond acceptors (Lipinski definition) is 6. The SMILES string of the molecule is COc1ccc(N2C(=O)NC(=O)/C(=C\c3ccc(-c4ccccc4C(=O)O)o3)C2=O)cc1. The maximum Gasteiger partial charge on any atom is 0.336 e. The van der Waals surface area contributed by atoms with Crippen molar-refractivity contribution in [2.75, 3.05) is 12.0 Å². The number of benzene rings is 2. The van der Waals surface area contributed by atoms with E-state index in [-0.39, 0.29) is 28.3 Å². The third-order valence-corrected chi connectivity index (χ3v) is 4.77. The molecule has 9 heteroatoms. The molecule has 0 spiro atoms. The number of carbonyl (C=O) groups excluding carboxylic acids is 3. The molecule has 4 rings (SSSR count). The summed E-state index contributed by atoms with van der Waals surface area (Å²) in [6, 6.07) is 14.6. The van der Waals surface area contributed by atoms with E-state index in [0.29, 0.717) is 11.3 Å². The standard InChI is InChI=1S/C23H16N2O7/c1-31-14-8-6-13(7-9-14)25-21(27)18(20(26)24-23(25)30)12-15-10-11-19(32-15)16-4-2-3-5-17(16)22(28)29/h2-12H,1H3,(H,28,29)(H,24,26,30)/b18-12+. The van der Waals surface area contributed by atoms with Crippen molar-refractivity contribution in [2.45, 2.75) is 0 Å². The van der Waals surface area contributed by atoms with Gasteiger partial charge in [0, 0.05) is 5.56 Å². The zero-order valence-corrected chi connectivity index (χ0v) is 16.7. The fourth-order valence-electron chi connectivity index (χ4n) is 3.23. The molecule has 32 heavy (non-hydrogen) atoms. The van der Waals surface area contributed by atoms with Gasteiger partial charge in [-0.1, -0.05) is 18.2 Å². The number of methoxy groups -OCH3 is 1. The molecule has 1 saturated heterocycles. The van der Waals surface area contributed by atoms with Crippen molar-refractivity contribution in [1.29, 1.82) is 0 Å². The van der Waals surface area contributed by atoms with E-state index in [1.54, 1.807) is 30.3 Å². The average molecular weight is 432 g/mol. The predicted octanol–water partition coefficient (Wildman–Crippen LogP) is 3.32. The van der Waals surface area contributed by atoms with Crippen molar-refractivity contribution in [3.8, 4) is 17.1 Å². The molecule has 9 nitrogen and oxygen atoms in total. The summed E-state index contributed by atoms with van der Waals surface area (Å²) in [5.41, 5.74) is 0.331. The van der Waals surface area contributed by atoms with Gasteiger partial charge in [-0.25, -0.2) is 14.5 Å². The Morgan fingerprint density at radius 1 is 1.03 bits per heavy atom. The lowest BCUT2D eigenvalue weighted by molar-refractivity contribution is -0.122. The van der Waals surface area contributed by atoms with Crippen LogP contribution in [0.4, 0.5) is 10.5 Å². The minimum Gasteiger partial charge on any atom is -0.497 e. The molecule has 0 unspecified atom stereocenters. The first-order valence-electron chi connectivity index (χ1n) is 9.37. The molecule has 0 saturated carbocycles. The van der Waals surface area contributed by atoms with E-state index in [2.05, 4.69) is 5.32 Å². The number of barbiturate groups is 1. The number of carboxylic acid groups (broad SMARTS) is 1. The lowest BCUT2D eigenvalue weighted by atomic mass is 10.1. The molecule has 160 valence electrons. The van der Waals surface area contributed by atoms with Gasteiger partial charge in [-0.05, 0) is 48.5 Å². The zero-order chi connectivity index (χ0) is 22.8. The first-order chi connectivity index (χ1) is 15.4. The fourth-order valence-corrected chi connectivity index (χ4v) is 3.23. The first kappa shape index (κ1) is 20.6. The highest BCUT2D eigenvalue weighted by atomic mass is 16.5. The van der Waals surface area contributed by atoms with Crippen molar-refractivity contribution in [3.63, 3.8) is 0 Å². The molecule has 1 fully saturated rings. The number of hydrogen-bond donors (Lipinski definition) is 2. The van der Waals surface area contributed by atoms with Crippen LogP contribution in [-0.4, -0.2) is 36.0 Å². The van der Waals surface area contributed by atoms with Crippen molar-refractivity contribution in [1.82, 2.24) is 5.32 Å². The number of imide groups is 2. The van der Waals surface area contributed by atoms with Gasteiger partial charge in [0.1, 0.15) is 22.8 Å². The maximum atomic E-state index is 13.0. The molecule has 0 bridgehead atoms. The molecular formula is C23H16N2O7. The van der Waals surface area contributed by atoms with Gasteiger partial charge in [0.2, 0.25) is 0 Å². The second-order valence-electron chi connectivity index (χ2n) is 6.71. The predicted molar refractivity (Wildman–Crippen MR) is 113 cm³/mol. The smallest absolute Gasteiger partial charge is 0.336 e. The van der Waals surface area contributed by atoms with Crippen LogP contribution in [0.3, 0.4) is 0 Å². The Kier molecular flexibility index (Phi) is 5.30. The number of urea groups is 1. The molecule has 2 N–H and O–H groups in total. The van der Waals surface area contributed by atoms with Crippen LogP contribution < -0.4 is 15.0 Å². The summed E-state index contributed by atoms with van der Waals surface area (Å²) in [7, 11) is 1.49. The number of aromatic carboxylic acids is 1. The number of furan rings is 1. The van der Waals surface area contributed by atoms with Crippen LogP contribution in [0.5, 0.6) is 5.75 Å². The molecular weight excluding hydrogens is 416 g/mol. The third kappa shape index (κ3) is 3.74. The van der Waals surface area contributed by atoms with E-state index in [9.17, 15) is 24.3 Å². The van der Waals surface area contributed by atoms with Crippen LogP contribution in [0.2, 0.25) is 0 Å². The highest BCUT2D eigenvalue weighted by molar-refractivity contribution is 6.39. The third-order valence-electron chi connectivity index (χ3n) is 4.77. The van der Waals surface area contributed by atoms with Gasteiger partial charge in [-0.2, -0.15) is 0 Å². The monoisotopic (exact) mass is 432 g/mol. The van der Waals surface area contributed by atoms with Crippen LogP contribution in [0.25, 0.3) is 17.4 Å². The van der Waals surface area contributed by atoms with Gasteiger partial charge in [0.25, 0.3) is 11.8 Å². The summed E-state index contributed by atoms with van der Waals surface area (Å²) < 4.78 is 10.7. The fraction of sp³-hybridized carbons (Fsp3) is 0.0435. The molecule has 2 aromatic carbocycles. The molecule has 1 aliphatic heterocycles. The number of carbonyl (C=O) groups is 4. The minimum absolute atomic E-state index is 0.0452. The van der Waals surface area contributed by atoms with Crippen molar-refractivity contribution < 1.29 is 33.4 Å². The average Bonchev–Trinajstić information content (AvgIpc) is 3.25. The second-order valence-corrected chi connectivity index (χ2v) is 6.71. The van der Waals surface area contributed by atoms with Crippen molar-refractivity contribution >= 4 is 35.6 Å². The Bertz CT molecular complexity index is 1270. The summed E-state index contributed by atoms with van der Waals surface area (Å²) in [6.07, 6.45) is 1.20. The summed E-state index contributed by atoms with van der Waals surface area (Å²) in [4.78, 5) is 49.9. The molecule has 0 aliphatic carbocycles. The first-order valence-corrected chi connectivity index (χ1v) is 9.37. The molecule has 0 radical (unpaired) electrons. The van der Waals surface area contributed by atoms with Crippen LogP contribution in [-0.2, 0) is 9.59 Å². The molecule has 1 aliphatic rings. The van der Waals surface area contributed by atoms with Gasteiger partial charge in [-0.15, -0.1) is 0 Å². The van der Waals surface area contributed by atoms with Gasteiger partial charge in [0.15, 0.2) is 0 Å². The van der Waals surface area contributed by atoms with Gasteiger partial charge >= 0.3 is 12.0 Å². The minimum atomic E-state index is -1.12. The van der Waals surface area contributed by atoms with Gasteiger partial charge < -0.3 is 14.3 Å². The summed E-state index contributed by atoms with van der Waals surface area (Å²) in [5.74, 6) is -1.88. The molecule has 4 amide bonds. The van der Waals surface area contributed by atoms with E-state index in [1.165, 1.54) is 43.5 Å². The number of amides is 4. The lowest BCUT2D eigenvalue weighted by Crippen LogP contribution is -2.54. The molecule has 0 atom stereocenters. The Balaban J connectivity index is 1.68. The Hall–Kier alpha value is -4.66. The Morgan fingerprint density at radius 3 is 2.44 bits per heavy atom. The van der Waals surface area contributed by atoms with E-state index in [4.69, 9.17) is 9.15 Å². The summed E-state index contributed by atoms with van der Waals surface area (Å²) in [6.45, 7) is 0. The van der Waals surface area contributed by atoms with E-state index >= 15 is 0 Å². The largest absolute Gasteiger partial charge is 0.497 e.